The average Bonchev–Trinajstić information content (AvgIpc) is 2.04. The van der Waals surface area contributed by atoms with E-state index < -0.39 is 11.8 Å². The van der Waals surface area contributed by atoms with Crippen molar-refractivity contribution in [3.05, 3.63) is 0 Å². The highest BCUT2D eigenvalue weighted by molar-refractivity contribution is 5.79. The molecule has 0 saturated carbocycles. The van der Waals surface area contributed by atoms with Crippen molar-refractivity contribution in [1.29, 1.82) is 0 Å². The highest BCUT2D eigenvalue weighted by Crippen LogP contribution is 2.06. The predicted octanol–water partition coefficient (Wildman–Crippen LogP) is 0.910. The van der Waals surface area contributed by atoms with Gasteiger partial charge in [0.15, 0.2) is 6.29 Å². The monoisotopic (exact) mass is 189 g/mol. The molecule has 1 atom stereocenters. The van der Waals surface area contributed by atoms with Gasteiger partial charge in [0.05, 0.1) is 0 Å². The number of likely N-dealkylation sites (N-methyl/N-ethyl adjacent to an activating group) is 1. The Morgan fingerprint density at radius 1 is 1.54 bits per heavy atom. The van der Waals surface area contributed by atoms with Gasteiger partial charge >= 0.3 is 5.97 Å². The van der Waals surface area contributed by atoms with Gasteiger partial charge in [0, 0.05) is 6.61 Å². The number of nitrogens with one attached hydrogen (secondary N) is 1. The topological polar surface area (TPSA) is 47.6 Å². The molecule has 13 heavy (non-hydrogen) atoms. The van der Waals surface area contributed by atoms with Crippen LogP contribution in [0.1, 0.15) is 27.7 Å². The Balaban J connectivity index is 3.99. The van der Waals surface area contributed by atoms with Gasteiger partial charge in [0.1, 0.15) is 5.54 Å². The molecule has 0 heterocycles. The normalized spacial score (nSPS) is 13.9. The Morgan fingerprint density at radius 3 is 2.46 bits per heavy atom. The minimum Gasteiger partial charge on any atom is -0.435 e. The Labute approximate surface area is 79.6 Å². The summed E-state index contributed by atoms with van der Waals surface area (Å²) in [7, 11) is 1.71. The second-order valence-electron chi connectivity index (χ2n) is 3.30. The molecule has 1 unspecified atom stereocenters. The maximum atomic E-state index is 11.4. The van der Waals surface area contributed by atoms with E-state index in [1.165, 1.54) is 0 Å². The van der Waals surface area contributed by atoms with Gasteiger partial charge in [-0.3, -0.25) is 0 Å². The van der Waals surface area contributed by atoms with Crippen LogP contribution in [0.3, 0.4) is 0 Å². The highest BCUT2D eigenvalue weighted by Gasteiger charge is 2.28. The van der Waals surface area contributed by atoms with E-state index in [4.69, 9.17) is 9.47 Å². The summed E-state index contributed by atoms with van der Waals surface area (Å²) in [5.41, 5.74) is -0.661. The lowest BCUT2D eigenvalue weighted by Gasteiger charge is -2.24. The van der Waals surface area contributed by atoms with E-state index in [-0.39, 0.29) is 5.97 Å². The van der Waals surface area contributed by atoms with Crippen molar-refractivity contribution in [2.24, 2.45) is 0 Å². The van der Waals surface area contributed by atoms with E-state index >= 15 is 0 Å². The molecule has 0 aromatic rings. The van der Waals surface area contributed by atoms with Crippen LogP contribution < -0.4 is 5.32 Å². The lowest BCUT2D eigenvalue weighted by molar-refractivity contribution is -0.180. The van der Waals surface area contributed by atoms with E-state index in [1.807, 2.05) is 6.92 Å². The second-order valence-corrected chi connectivity index (χ2v) is 3.30. The standard InChI is InChI=1S/C9H19NO3/c1-6-12-7(2)13-8(11)9(3,4)10-5/h7,10H,6H2,1-5H3. The highest BCUT2D eigenvalue weighted by atomic mass is 16.7. The first-order chi connectivity index (χ1) is 5.94. The van der Waals surface area contributed by atoms with Crippen LogP contribution in [-0.2, 0) is 14.3 Å². The van der Waals surface area contributed by atoms with E-state index in [0.717, 1.165) is 0 Å². The first-order valence-corrected chi connectivity index (χ1v) is 4.45. The van der Waals surface area contributed by atoms with Crippen LogP contribution in [0.15, 0.2) is 0 Å². The van der Waals surface area contributed by atoms with Crippen molar-refractivity contribution >= 4 is 5.97 Å². The molecular weight excluding hydrogens is 170 g/mol. The van der Waals surface area contributed by atoms with Gasteiger partial charge < -0.3 is 14.8 Å². The molecule has 0 radical (unpaired) electrons. The summed E-state index contributed by atoms with van der Waals surface area (Å²) < 4.78 is 10.1. The summed E-state index contributed by atoms with van der Waals surface area (Å²) >= 11 is 0. The van der Waals surface area contributed by atoms with Gasteiger partial charge in [-0.2, -0.15) is 0 Å². The fourth-order valence-corrected chi connectivity index (χ4v) is 0.669. The molecule has 0 spiro atoms. The Bertz CT molecular complexity index is 168. The third kappa shape index (κ3) is 4.24. The van der Waals surface area contributed by atoms with Crippen LogP contribution >= 0.6 is 0 Å². The molecule has 4 nitrogen and oxygen atoms in total. The third-order valence-corrected chi connectivity index (χ3v) is 1.81. The number of rotatable bonds is 5. The Kier molecular flexibility index (Phi) is 4.95. The minimum atomic E-state index is -0.661. The maximum absolute atomic E-state index is 11.4. The average molecular weight is 189 g/mol. The van der Waals surface area contributed by atoms with Crippen molar-refractivity contribution in [2.45, 2.75) is 39.5 Å². The zero-order valence-corrected chi connectivity index (χ0v) is 9.01. The van der Waals surface area contributed by atoms with Gasteiger partial charge in [-0.05, 0) is 34.7 Å². The van der Waals surface area contributed by atoms with Crippen LogP contribution in [0.5, 0.6) is 0 Å². The van der Waals surface area contributed by atoms with Crippen LogP contribution in [0.2, 0.25) is 0 Å². The predicted molar refractivity (Wildman–Crippen MR) is 50.3 cm³/mol. The van der Waals surface area contributed by atoms with E-state index in [2.05, 4.69) is 5.32 Å². The zero-order chi connectivity index (χ0) is 10.5. The molecule has 0 amide bonds. The summed E-state index contributed by atoms with van der Waals surface area (Å²) in [6.07, 6.45) is -0.481. The summed E-state index contributed by atoms with van der Waals surface area (Å²) in [6.45, 7) is 7.61. The molecule has 78 valence electrons. The van der Waals surface area contributed by atoms with Gasteiger partial charge in [-0.15, -0.1) is 0 Å². The summed E-state index contributed by atoms with van der Waals surface area (Å²) in [4.78, 5) is 11.4. The summed E-state index contributed by atoms with van der Waals surface area (Å²) in [6, 6.07) is 0. The number of hydrogen-bond acceptors (Lipinski definition) is 4. The Hall–Kier alpha value is -0.610. The van der Waals surface area contributed by atoms with Gasteiger partial charge in [-0.1, -0.05) is 0 Å². The molecule has 0 aromatic carbocycles. The maximum Gasteiger partial charge on any atom is 0.328 e. The Morgan fingerprint density at radius 2 is 2.08 bits per heavy atom. The fourth-order valence-electron chi connectivity index (χ4n) is 0.669. The van der Waals surface area contributed by atoms with Crippen molar-refractivity contribution in [1.82, 2.24) is 5.32 Å². The van der Waals surface area contributed by atoms with Gasteiger partial charge in [-0.25, -0.2) is 4.79 Å². The first kappa shape index (κ1) is 12.4. The minimum absolute atomic E-state index is 0.309. The molecule has 0 rings (SSSR count). The summed E-state index contributed by atoms with van der Waals surface area (Å²) in [5, 5.41) is 2.86. The van der Waals surface area contributed by atoms with Crippen molar-refractivity contribution < 1.29 is 14.3 Å². The molecule has 0 aliphatic rings. The van der Waals surface area contributed by atoms with Crippen molar-refractivity contribution in [2.75, 3.05) is 13.7 Å². The van der Waals surface area contributed by atoms with E-state index in [9.17, 15) is 4.79 Å². The lowest BCUT2D eigenvalue weighted by Crippen LogP contribution is -2.46. The third-order valence-electron chi connectivity index (χ3n) is 1.81. The molecule has 0 bridgehead atoms. The molecular formula is C9H19NO3. The zero-order valence-electron chi connectivity index (χ0n) is 9.01. The van der Waals surface area contributed by atoms with Crippen LogP contribution in [0.25, 0.3) is 0 Å². The molecule has 4 heteroatoms. The second kappa shape index (κ2) is 5.19. The number of esters is 1. The number of carbonyl (C=O) groups excluding carboxylic acids is 1. The molecule has 0 saturated heterocycles. The molecule has 0 aliphatic carbocycles. The van der Waals surface area contributed by atoms with Crippen molar-refractivity contribution in [3.63, 3.8) is 0 Å². The lowest BCUT2D eigenvalue weighted by atomic mass is 10.1. The summed E-state index contributed by atoms with van der Waals surface area (Å²) in [5.74, 6) is -0.309. The smallest absolute Gasteiger partial charge is 0.328 e. The first-order valence-electron chi connectivity index (χ1n) is 4.45. The van der Waals surface area contributed by atoms with Crippen LogP contribution in [0.4, 0.5) is 0 Å². The molecule has 1 N–H and O–H groups in total. The quantitative estimate of drug-likeness (QED) is 0.516. The molecule has 0 fully saturated rings. The number of carbonyl (C=O) groups is 1. The van der Waals surface area contributed by atoms with Crippen LogP contribution in [-0.4, -0.2) is 31.5 Å². The van der Waals surface area contributed by atoms with E-state index in [1.54, 1.807) is 27.8 Å². The van der Waals surface area contributed by atoms with E-state index in [0.29, 0.717) is 6.61 Å². The largest absolute Gasteiger partial charge is 0.435 e. The SMILES string of the molecule is CCOC(C)OC(=O)C(C)(C)NC. The molecule has 0 aliphatic heterocycles. The van der Waals surface area contributed by atoms with Crippen molar-refractivity contribution in [3.8, 4) is 0 Å². The number of ether oxygens (including phenoxy) is 2. The van der Waals surface area contributed by atoms with Crippen LogP contribution in [0, 0.1) is 0 Å². The number of hydrogen-bond donors (Lipinski definition) is 1. The molecule has 0 aromatic heterocycles. The van der Waals surface area contributed by atoms with Gasteiger partial charge in [0.2, 0.25) is 0 Å². The van der Waals surface area contributed by atoms with Gasteiger partial charge in [0.25, 0.3) is 0 Å². The fraction of sp³-hybridized carbons (Fsp3) is 0.889.